The number of hydrogen-bond acceptors (Lipinski definition) is 2. The van der Waals surface area contributed by atoms with Crippen LogP contribution in [-0.2, 0) is 6.54 Å². The SMILES string of the molecule is CCCCCCCCCCn1ccc(C(=O)O)cc1=O. The minimum absolute atomic E-state index is 0.0576. The van der Waals surface area contributed by atoms with Crippen LogP contribution in [0.4, 0.5) is 0 Å². The number of nitrogens with zero attached hydrogens (tertiary/aromatic N) is 1. The number of carboxylic acids is 1. The van der Waals surface area contributed by atoms with E-state index in [0.29, 0.717) is 6.54 Å². The fraction of sp³-hybridized carbons (Fsp3) is 0.625. The van der Waals surface area contributed by atoms with E-state index in [1.807, 2.05) is 0 Å². The van der Waals surface area contributed by atoms with Crippen molar-refractivity contribution in [3.63, 3.8) is 0 Å². The topological polar surface area (TPSA) is 59.3 Å². The molecule has 0 aliphatic carbocycles. The lowest BCUT2D eigenvalue weighted by Crippen LogP contribution is -2.20. The zero-order chi connectivity index (χ0) is 14.8. The monoisotopic (exact) mass is 279 g/mol. The van der Waals surface area contributed by atoms with Crippen LogP contribution >= 0.6 is 0 Å². The van der Waals surface area contributed by atoms with Gasteiger partial charge in [0.25, 0.3) is 5.56 Å². The minimum atomic E-state index is -1.05. The van der Waals surface area contributed by atoms with Gasteiger partial charge in [-0.15, -0.1) is 0 Å². The number of hydrogen-bond donors (Lipinski definition) is 1. The summed E-state index contributed by atoms with van der Waals surface area (Å²) in [5, 5.41) is 8.79. The van der Waals surface area contributed by atoms with Gasteiger partial charge >= 0.3 is 5.97 Å². The van der Waals surface area contributed by atoms with E-state index in [2.05, 4.69) is 6.92 Å². The molecular formula is C16H25NO3. The summed E-state index contributed by atoms with van der Waals surface area (Å²) in [6, 6.07) is 2.67. The summed E-state index contributed by atoms with van der Waals surface area (Å²) >= 11 is 0. The van der Waals surface area contributed by atoms with Crippen LogP contribution in [0.25, 0.3) is 0 Å². The predicted molar refractivity (Wildman–Crippen MR) is 80.3 cm³/mol. The average Bonchev–Trinajstić information content (AvgIpc) is 2.43. The second-order valence-corrected chi connectivity index (χ2v) is 5.23. The standard InChI is InChI=1S/C16H25NO3/c1-2-3-4-5-6-7-8-9-11-17-12-10-14(16(19)20)13-15(17)18/h10,12-13H,2-9,11H2,1H3,(H,19,20). The largest absolute Gasteiger partial charge is 0.478 e. The first-order valence-electron chi connectivity index (χ1n) is 7.59. The van der Waals surface area contributed by atoms with Crippen molar-refractivity contribution in [2.75, 3.05) is 0 Å². The second kappa shape index (κ2) is 9.34. The zero-order valence-electron chi connectivity index (χ0n) is 12.3. The molecule has 1 heterocycles. The Morgan fingerprint density at radius 1 is 1.10 bits per heavy atom. The number of aryl methyl sites for hydroxylation is 1. The Kier molecular flexibility index (Phi) is 7.70. The van der Waals surface area contributed by atoms with Crippen molar-refractivity contribution < 1.29 is 9.90 Å². The second-order valence-electron chi connectivity index (χ2n) is 5.23. The molecule has 0 bridgehead atoms. The fourth-order valence-corrected chi connectivity index (χ4v) is 2.24. The molecule has 1 N–H and O–H groups in total. The highest BCUT2D eigenvalue weighted by molar-refractivity contribution is 5.87. The van der Waals surface area contributed by atoms with Gasteiger partial charge < -0.3 is 9.67 Å². The van der Waals surface area contributed by atoms with Crippen molar-refractivity contribution in [2.24, 2.45) is 0 Å². The normalized spacial score (nSPS) is 10.7. The molecule has 0 aliphatic heterocycles. The highest BCUT2D eigenvalue weighted by Gasteiger charge is 2.04. The highest BCUT2D eigenvalue weighted by Crippen LogP contribution is 2.08. The van der Waals surface area contributed by atoms with E-state index in [1.165, 1.54) is 50.7 Å². The molecule has 0 aliphatic rings. The van der Waals surface area contributed by atoms with Gasteiger partial charge in [0.05, 0.1) is 5.56 Å². The Labute approximate surface area is 120 Å². The van der Waals surface area contributed by atoms with Crippen molar-refractivity contribution >= 4 is 5.97 Å². The first kappa shape index (κ1) is 16.5. The van der Waals surface area contributed by atoms with E-state index >= 15 is 0 Å². The Balaban J connectivity index is 2.22. The van der Waals surface area contributed by atoms with Crippen LogP contribution in [0.1, 0.15) is 68.6 Å². The maximum atomic E-state index is 11.7. The minimum Gasteiger partial charge on any atom is -0.478 e. The van der Waals surface area contributed by atoms with Crippen molar-refractivity contribution in [1.82, 2.24) is 4.57 Å². The Morgan fingerprint density at radius 2 is 1.70 bits per heavy atom. The number of aromatic carboxylic acids is 1. The van der Waals surface area contributed by atoms with Gasteiger partial charge in [-0.1, -0.05) is 51.9 Å². The molecule has 0 saturated carbocycles. The van der Waals surface area contributed by atoms with Gasteiger partial charge in [-0.05, 0) is 12.5 Å². The number of unbranched alkanes of at least 4 members (excludes halogenated alkanes) is 7. The predicted octanol–water partition coefficient (Wildman–Crippen LogP) is 3.69. The molecule has 1 aromatic heterocycles. The van der Waals surface area contributed by atoms with Crippen molar-refractivity contribution in [3.05, 3.63) is 34.2 Å². The van der Waals surface area contributed by atoms with E-state index in [9.17, 15) is 9.59 Å². The number of aromatic nitrogens is 1. The van der Waals surface area contributed by atoms with Crippen LogP contribution in [0.5, 0.6) is 0 Å². The molecule has 20 heavy (non-hydrogen) atoms. The van der Waals surface area contributed by atoms with E-state index in [-0.39, 0.29) is 11.1 Å². The summed E-state index contributed by atoms with van der Waals surface area (Å²) in [5.41, 5.74) is -0.171. The van der Waals surface area contributed by atoms with Crippen LogP contribution < -0.4 is 5.56 Å². The lowest BCUT2D eigenvalue weighted by molar-refractivity contribution is 0.0696. The molecule has 0 atom stereocenters. The van der Waals surface area contributed by atoms with E-state index < -0.39 is 5.97 Å². The molecule has 0 saturated heterocycles. The Morgan fingerprint density at radius 3 is 2.25 bits per heavy atom. The molecule has 0 spiro atoms. The van der Waals surface area contributed by atoms with Crippen LogP contribution in [0.2, 0.25) is 0 Å². The highest BCUT2D eigenvalue weighted by atomic mass is 16.4. The van der Waals surface area contributed by atoms with Crippen LogP contribution in [0.3, 0.4) is 0 Å². The van der Waals surface area contributed by atoms with Gasteiger partial charge in [0.2, 0.25) is 0 Å². The summed E-state index contributed by atoms with van der Waals surface area (Å²) in [4.78, 5) is 22.4. The molecule has 1 aromatic rings. The maximum absolute atomic E-state index is 11.7. The summed E-state index contributed by atoms with van der Waals surface area (Å²) in [7, 11) is 0. The molecule has 0 fully saturated rings. The number of pyridine rings is 1. The first-order chi connectivity index (χ1) is 9.65. The molecule has 1 rings (SSSR count). The quantitative estimate of drug-likeness (QED) is 0.664. The maximum Gasteiger partial charge on any atom is 0.335 e. The molecule has 4 nitrogen and oxygen atoms in total. The lowest BCUT2D eigenvalue weighted by atomic mass is 10.1. The van der Waals surface area contributed by atoms with Crippen LogP contribution in [0, 0.1) is 0 Å². The Bertz CT molecular complexity index is 465. The van der Waals surface area contributed by atoms with Gasteiger partial charge in [-0.3, -0.25) is 4.79 Å². The van der Waals surface area contributed by atoms with Gasteiger partial charge in [-0.25, -0.2) is 4.79 Å². The molecule has 4 heteroatoms. The first-order valence-corrected chi connectivity index (χ1v) is 7.59. The third kappa shape index (κ3) is 6.04. The fourth-order valence-electron chi connectivity index (χ4n) is 2.24. The lowest BCUT2D eigenvalue weighted by Gasteiger charge is -2.06. The zero-order valence-corrected chi connectivity index (χ0v) is 12.3. The van der Waals surface area contributed by atoms with E-state index in [4.69, 9.17) is 5.11 Å². The van der Waals surface area contributed by atoms with E-state index in [1.54, 1.807) is 10.8 Å². The van der Waals surface area contributed by atoms with Crippen molar-refractivity contribution in [1.29, 1.82) is 0 Å². The van der Waals surface area contributed by atoms with Gasteiger partial charge in [0.1, 0.15) is 0 Å². The average molecular weight is 279 g/mol. The number of carbonyl (C=O) groups is 1. The molecule has 112 valence electrons. The number of rotatable bonds is 10. The van der Waals surface area contributed by atoms with Gasteiger partial charge in [-0.2, -0.15) is 0 Å². The summed E-state index contributed by atoms with van der Waals surface area (Å²) in [6.45, 7) is 2.89. The molecule has 0 radical (unpaired) electrons. The van der Waals surface area contributed by atoms with E-state index in [0.717, 1.165) is 12.8 Å². The summed E-state index contributed by atoms with van der Waals surface area (Å²) in [5.74, 6) is -1.05. The summed E-state index contributed by atoms with van der Waals surface area (Å²) < 4.78 is 1.59. The molecule has 0 aromatic carbocycles. The smallest absolute Gasteiger partial charge is 0.335 e. The molecular weight excluding hydrogens is 254 g/mol. The Hall–Kier alpha value is -1.58. The third-order valence-corrected chi connectivity index (χ3v) is 3.50. The van der Waals surface area contributed by atoms with Crippen LogP contribution in [-0.4, -0.2) is 15.6 Å². The molecule has 0 unspecified atom stereocenters. The van der Waals surface area contributed by atoms with Crippen molar-refractivity contribution in [3.8, 4) is 0 Å². The van der Waals surface area contributed by atoms with Crippen LogP contribution in [0.15, 0.2) is 23.1 Å². The van der Waals surface area contributed by atoms with Gasteiger partial charge in [0, 0.05) is 18.8 Å². The number of carboxylic acid groups (broad SMARTS) is 1. The summed E-state index contributed by atoms with van der Waals surface area (Å²) in [6.07, 6.45) is 11.4. The molecule has 0 amide bonds. The third-order valence-electron chi connectivity index (χ3n) is 3.50. The van der Waals surface area contributed by atoms with Crippen molar-refractivity contribution in [2.45, 2.75) is 64.8 Å². The van der Waals surface area contributed by atoms with Gasteiger partial charge in [0.15, 0.2) is 0 Å².